The molecule has 0 radical (unpaired) electrons. The highest BCUT2D eigenvalue weighted by atomic mass is 35.5. The SMILES string of the molecule is NCCCSc1ncnc(SCCCN)c1N=Nc1cc(Cl)c(S(=O)(=O)F)cc1Cl. The molecule has 14 heteroatoms. The molecule has 0 aliphatic carbocycles. The van der Waals surface area contributed by atoms with Gasteiger partial charge >= 0.3 is 10.2 Å². The summed E-state index contributed by atoms with van der Waals surface area (Å²) in [6.07, 6.45) is 3.03. The van der Waals surface area contributed by atoms with Crippen LogP contribution in [0.25, 0.3) is 0 Å². The maximum atomic E-state index is 13.3. The van der Waals surface area contributed by atoms with Crippen LogP contribution in [-0.2, 0) is 10.2 Å². The number of rotatable bonds is 11. The van der Waals surface area contributed by atoms with Crippen molar-refractivity contribution in [1.82, 2.24) is 9.97 Å². The van der Waals surface area contributed by atoms with Gasteiger partial charge in [-0.1, -0.05) is 23.2 Å². The zero-order valence-corrected chi connectivity index (χ0v) is 19.6. The molecule has 2 aromatic rings. The topological polar surface area (TPSA) is 137 Å². The van der Waals surface area contributed by atoms with E-state index >= 15 is 0 Å². The second kappa shape index (κ2) is 12.1. The molecule has 0 aliphatic rings. The van der Waals surface area contributed by atoms with Crippen LogP contribution in [0.2, 0.25) is 10.0 Å². The van der Waals surface area contributed by atoms with Crippen molar-refractivity contribution in [2.45, 2.75) is 27.8 Å². The Balaban J connectivity index is 2.41. The van der Waals surface area contributed by atoms with E-state index in [4.69, 9.17) is 34.7 Å². The van der Waals surface area contributed by atoms with Crippen molar-refractivity contribution in [3.8, 4) is 0 Å². The number of aromatic nitrogens is 2. The lowest BCUT2D eigenvalue weighted by Crippen LogP contribution is -2.00. The Morgan fingerprint density at radius 3 is 2.03 bits per heavy atom. The van der Waals surface area contributed by atoms with Gasteiger partial charge in [-0.15, -0.1) is 37.6 Å². The monoisotopic (exact) mass is 512 g/mol. The van der Waals surface area contributed by atoms with Crippen LogP contribution in [-0.4, -0.2) is 43.0 Å². The lowest BCUT2D eigenvalue weighted by Gasteiger charge is -2.08. The van der Waals surface area contributed by atoms with Crippen molar-refractivity contribution in [3.05, 3.63) is 28.5 Å². The Kier molecular flexibility index (Phi) is 10.2. The number of benzene rings is 1. The molecule has 1 aromatic carbocycles. The molecule has 0 unspecified atom stereocenters. The quantitative estimate of drug-likeness (QED) is 0.145. The van der Waals surface area contributed by atoms with Crippen molar-refractivity contribution in [3.63, 3.8) is 0 Å². The van der Waals surface area contributed by atoms with Gasteiger partial charge in [-0.05, 0) is 38.1 Å². The molecule has 4 N–H and O–H groups in total. The number of azo groups is 1. The Labute approximate surface area is 192 Å². The summed E-state index contributed by atoms with van der Waals surface area (Å²) in [5, 5.41) is 9.07. The van der Waals surface area contributed by atoms with E-state index < -0.39 is 15.1 Å². The molecule has 0 fully saturated rings. The average Bonchev–Trinajstić information content (AvgIpc) is 2.69. The molecule has 0 saturated heterocycles. The molecule has 30 heavy (non-hydrogen) atoms. The Morgan fingerprint density at radius 1 is 0.967 bits per heavy atom. The van der Waals surface area contributed by atoms with E-state index in [0.717, 1.165) is 36.5 Å². The van der Waals surface area contributed by atoms with Crippen molar-refractivity contribution < 1.29 is 12.3 Å². The highest BCUT2D eigenvalue weighted by molar-refractivity contribution is 8.00. The molecule has 0 saturated carbocycles. The lowest BCUT2D eigenvalue weighted by atomic mass is 10.3. The first-order chi connectivity index (χ1) is 14.3. The van der Waals surface area contributed by atoms with Gasteiger partial charge in [0.2, 0.25) is 0 Å². The van der Waals surface area contributed by atoms with E-state index in [1.165, 1.54) is 29.9 Å². The molecule has 0 bridgehead atoms. The van der Waals surface area contributed by atoms with E-state index in [2.05, 4.69) is 20.2 Å². The van der Waals surface area contributed by atoms with Gasteiger partial charge in [-0.2, -0.15) is 8.42 Å². The zero-order valence-electron chi connectivity index (χ0n) is 15.6. The van der Waals surface area contributed by atoms with Gasteiger partial charge in [0.1, 0.15) is 27.0 Å². The fourth-order valence-corrected chi connectivity index (χ4v) is 5.15. The third-order valence-corrected chi connectivity index (χ3v) is 7.17. The predicted octanol–water partition coefficient (Wildman–Crippen LogP) is 4.74. The van der Waals surface area contributed by atoms with E-state index in [1.54, 1.807) is 0 Å². The summed E-state index contributed by atoms with van der Waals surface area (Å²) in [6, 6.07) is 2.02. The number of thioether (sulfide) groups is 2. The second-order valence-electron chi connectivity index (χ2n) is 5.69. The van der Waals surface area contributed by atoms with Crippen LogP contribution in [0.4, 0.5) is 15.3 Å². The number of nitrogens with two attached hydrogens (primary N) is 2. The molecule has 1 heterocycles. The van der Waals surface area contributed by atoms with Gasteiger partial charge < -0.3 is 11.5 Å². The predicted molar refractivity (Wildman–Crippen MR) is 120 cm³/mol. The maximum Gasteiger partial charge on any atom is 0.333 e. The molecule has 164 valence electrons. The number of halogens is 3. The van der Waals surface area contributed by atoms with Gasteiger partial charge in [-0.25, -0.2) is 9.97 Å². The minimum Gasteiger partial charge on any atom is -0.330 e. The summed E-state index contributed by atoms with van der Waals surface area (Å²) in [4.78, 5) is 7.81. The molecular weight excluding hydrogens is 494 g/mol. The summed E-state index contributed by atoms with van der Waals surface area (Å²) in [6.45, 7) is 1.09. The first-order valence-electron chi connectivity index (χ1n) is 8.64. The van der Waals surface area contributed by atoms with Crippen LogP contribution in [0.3, 0.4) is 0 Å². The summed E-state index contributed by atoms with van der Waals surface area (Å²) in [5.41, 5.74) is 11.6. The summed E-state index contributed by atoms with van der Waals surface area (Å²) in [5.74, 6) is 1.47. The fraction of sp³-hybridized carbons (Fsp3) is 0.375. The van der Waals surface area contributed by atoms with Gasteiger partial charge in [-0.3, -0.25) is 0 Å². The Morgan fingerprint density at radius 2 is 1.53 bits per heavy atom. The third-order valence-electron chi connectivity index (χ3n) is 3.45. The molecule has 0 amide bonds. The Hall–Kier alpha value is -1.02. The largest absolute Gasteiger partial charge is 0.333 e. The molecule has 0 aliphatic heterocycles. The first-order valence-corrected chi connectivity index (χ1v) is 12.7. The van der Waals surface area contributed by atoms with E-state index in [1.807, 2.05) is 0 Å². The van der Waals surface area contributed by atoms with Crippen LogP contribution in [0.1, 0.15) is 12.8 Å². The van der Waals surface area contributed by atoms with Gasteiger partial charge in [0.15, 0.2) is 5.69 Å². The molecule has 8 nitrogen and oxygen atoms in total. The zero-order chi connectivity index (χ0) is 22.1. The number of nitrogens with zero attached hydrogens (tertiary/aromatic N) is 4. The van der Waals surface area contributed by atoms with E-state index in [-0.39, 0.29) is 15.7 Å². The van der Waals surface area contributed by atoms with Crippen molar-refractivity contribution in [1.29, 1.82) is 0 Å². The Bertz CT molecular complexity index is 982. The second-order valence-corrected chi connectivity index (χ2v) is 9.98. The smallest absolute Gasteiger partial charge is 0.330 e. The van der Waals surface area contributed by atoms with Crippen molar-refractivity contribution in [2.75, 3.05) is 24.6 Å². The van der Waals surface area contributed by atoms with Crippen LogP contribution in [0.5, 0.6) is 0 Å². The molecule has 2 rings (SSSR count). The summed E-state index contributed by atoms with van der Waals surface area (Å²) < 4.78 is 35.5. The first kappa shape index (κ1) is 25.2. The standard InChI is InChI=1S/C16H19Cl2FN6O2S3/c17-10-8-13(30(19,26)27)11(18)7-12(10)24-25-14-15(28-5-1-3-20)22-9-23-16(14)29-6-2-4-21/h7-9H,1-6,20-21H2. The maximum absolute atomic E-state index is 13.3. The van der Waals surface area contributed by atoms with E-state index in [9.17, 15) is 12.3 Å². The van der Waals surface area contributed by atoms with Crippen LogP contribution < -0.4 is 11.5 Å². The third kappa shape index (κ3) is 7.29. The molecule has 0 spiro atoms. The minimum absolute atomic E-state index is 0.0775. The normalized spacial score (nSPS) is 12.0. The fourth-order valence-electron chi connectivity index (χ4n) is 2.03. The minimum atomic E-state index is -5.01. The molecule has 0 atom stereocenters. The van der Waals surface area contributed by atoms with Crippen molar-refractivity contribution >= 4 is 68.3 Å². The van der Waals surface area contributed by atoms with Crippen molar-refractivity contribution in [2.24, 2.45) is 21.7 Å². The average molecular weight is 513 g/mol. The van der Waals surface area contributed by atoms with Crippen LogP contribution in [0.15, 0.2) is 43.6 Å². The van der Waals surface area contributed by atoms with Gasteiger partial charge in [0, 0.05) is 11.5 Å². The van der Waals surface area contributed by atoms with Gasteiger partial charge in [0.25, 0.3) is 0 Å². The van der Waals surface area contributed by atoms with Crippen LogP contribution in [0, 0.1) is 0 Å². The lowest BCUT2D eigenvalue weighted by molar-refractivity contribution is 0.552. The number of hydrogen-bond donors (Lipinski definition) is 2. The summed E-state index contributed by atoms with van der Waals surface area (Å²) in [7, 11) is -5.01. The highest BCUT2D eigenvalue weighted by Crippen LogP contribution is 2.39. The summed E-state index contributed by atoms with van der Waals surface area (Å²) >= 11 is 14.8. The van der Waals surface area contributed by atoms with E-state index in [0.29, 0.717) is 28.8 Å². The number of hydrogen-bond acceptors (Lipinski definition) is 10. The highest BCUT2D eigenvalue weighted by Gasteiger charge is 2.19. The molecular formula is C16H19Cl2FN6O2S3. The molecule has 1 aromatic heterocycles. The van der Waals surface area contributed by atoms with Gasteiger partial charge in [0.05, 0.1) is 10.0 Å². The van der Waals surface area contributed by atoms with Crippen LogP contribution >= 0.6 is 46.7 Å².